The van der Waals surface area contributed by atoms with Crippen LogP contribution < -0.4 is 11.2 Å². The van der Waals surface area contributed by atoms with Crippen LogP contribution in [-0.4, -0.2) is 16.8 Å². The Balaban J connectivity index is 2.87. The van der Waals surface area contributed by atoms with Crippen molar-refractivity contribution in [3.05, 3.63) is 23.8 Å². The van der Waals surface area contributed by atoms with Crippen LogP contribution in [0.3, 0.4) is 0 Å². The molecule has 0 fully saturated rings. The van der Waals surface area contributed by atoms with Crippen LogP contribution >= 0.6 is 0 Å². The SMILES string of the molecule is CC(C)(C)OC(=O)Nc1ccc(C(C)(C)ON)cc1O. The van der Waals surface area contributed by atoms with Crippen molar-refractivity contribution in [2.24, 2.45) is 5.90 Å². The first kappa shape index (κ1) is 16.3. The Hall–Kier alpha value is -1.79. The van der Waals surface area contributed by atoms with Crippen molar-refractivity contribution in [1.29, 1.82) is 0 Å². The molecular weight excluding hydrogens is 260 g/mol. The molecule has 0 aliphatic carbocycles. The summed E-state index contributed by atoms with van der Waals surface area (Å²) in [5, 5.41) is 12.4. The quantitative estimate of drug-likeness (QED) is 0.585. The Morgan fingerprint density at radius 3 is 2.30 bits per heavy atom. The van der Waals surface area contributed by atoms with Gasteiger partial charge in [-0.15, -0.1) is 0 Å². The maximum absolute atomic E-state index is 11.6. The van der Waals surface area contributed by atoms with E-state index in [9.17, 15) is 9.90 Å². The minimum Gasteiger partial charge on any atom is -0.506 e. The predicted molar refractivity (Wildman–Crippen MR) is 76.3 cm³/mol. The average Bonchev–Trinajstić information content (AvgIpc) is 2.29. The van der Waals surface area contributed by atoms with Gasteiger partial charge in [-0.3, -0.25) is 10.2 Å². The molecule has 6 heteroatoms. The third-order valence-corrected chi connectivity index (χ3v) is 2.62. The van der Waals surface area contributed by atoms with E-state index >= 15 is 0 Å². The molecule has 4 N–H and O–H groups in total. The molecule has 0 saturated carbocycles. The summed E-state index contributed by atoms with van der Waals surface area (Å²) in [6.45, 7) is 8.81. The van der Waals surface area contributed by atoms with Gasteiger partial charge in [0.25, 0.3) is 0 Å². The van der Waals surface area contributed by atoms with Crippen molar-refractivity contribution >= 4 is 11.8 Å². The fourth-order valence-corrected chi connectivity index (χ4v) is 1.49. The van der Waals surface area contributed by atoms with Gasteiger partial charge in [0.05, 0.1) is 5.69 Å². The second-order valence-corrected chi connectivity index (χ2v) is 5.99. The van der Waals surface area contributed by atoms with Gasteiger partial charge in [-0.05, 0) is 52.3 Å². The molecule has 20 heavy (non-hydrogen) atoms. The van der Waals surface area contributed by atoms with Gasteiger partial charge < -0.3 is 9.84 Å². The fraction of sp³-hybridized carbons (Fsp3) is 0.500. The van der Waals surface area contributed by atoms with Crippen molar-refractivity contribution in [3.63, 3.8) is 0 Å². The Morgan fingerprint density at radius 1 is 1.25 bits per heavy atom. The summed E-state index contributed by atoms with van der Waals surface area (Å²) in [5.41, 5.74) is -0.389. The molecular formula is C14H22N2O4. The van der Waals surface area contributed by atoms with Gasteiger partial charge in [-0.2, -0.15) is 0 Å². The number of carbonyl (C=O) groups excluding carboxylic acids is 1. The first-order chi connectivity index (χ1) is 9.05. The summed E-state index contributed by atoms with van der Waals surface area (Å²) in [6.07, 6.45) is -0.630. The van der Waals surface area contributed by atoms with Gasteiger partial charge in [-0.25, -0.2) is 10.7 Å². The zero-order valence-corrected chi connectivity index (χ0v) is 12.5. The topological polar surface area (TPSA) is 93.8 Å². The highest BCUT2D eigenvalue weighted by Crippen LogP contribution is 2.31. The fourth-order valence-electron chi connectivity index (χ4n) is 1.49. The van der Waals surface area contributed by atoms with Gasteiger partial charge in [0.15, 0.2) is 0 Å². The number of nitrogens with one attached hydrogen (secondary N) is 1. The number of hydrogen-bond donors (Lipinski definition) is 3. The second-order valence-electron chi connectivity index (χ2n) is 5.99. The molecule has 112 valence electrons. The van der Waals surface area contributed by atoms with Crippen LogP contribution in [0.2, 0.25) is 0 Å². The van der Waals surface area contributed by atoms with E-state index in [4.69, 9.17) is 15.5 Å². The third-order valence-electron chi connectivity index (χ3n) is 2.62. The van der Waals surface area contributed by atoms with Gasteiger partial charge in [0, 0.05) is 0 Å². The zero-order chi connectivity index (χ0) is 15.6. The van der Waals surface area contributed by atoms with Crippen LogP contribution in [0, 0.1) is 0 Å². The standard InChI is InChI=1S/C14H22N2O4/c1-13(2,3)19-12(18)16-10-7-6-9(8-11(10)17)14(4,5)20-15/h6-8,17H,15H2,1-5H3,(H,16,18). The highest BCUT2D eigenvalue weighted by Gasteiger charge is 2.22. The number of carbonyl (C=O) groups is 1. The third kappa shape index (κ3) is 4.40. The molecule has 1 aromatic carbocycles. The number of hydrogen-bond acceptors (Lipinski definition) is 5. The molecule has 0 aliphatic rings. The van der Waals surface area contributed by atoms with Crippen molar-refractivity contribution in [2.75, 3.05) is 5.32 Å². The summed E-state index contributed by atoms with van der Waals surface area (Å²) in [7, 11) is 0. The monoisotopic (exact) mass is 282 g/mol. The van der Waals surface area contributed by atoms with Gasteiger partial charge in [-0.1, -0.05) is 6.07 Å². The van der Waals surface area contributed by atoms with Crippen molar-refractivity contribution in [2.45, 2.75) is 45.8 Å². The molecule has 0 spiro atoms. The number of amides is 1. The van der Waals surface area contributed by atoms with E-state index in [0.29, 0.717) is 5.56 Å². The molecule has 0 aromatic heterocycles. The molecule has 1 amide bonds. The highest BCUT2D eigenvalue weighted by atomic mass is 16.6. The zero-order valence-electron chi connectivity index (χ0n) is 12.5. The first-order valence-corrected chi connectivity index (χ1v) is 6.26. The predicted octanol–water partition coefficient (Wildman–Crippen LogP) is 2.86. The van der Waals surface area contributed by atoms with E-state index in [2.05, 4.69) is 5.32 Å². The lowest BCUT2D eigenvalue weighted by atomic mass is 9.98. The number of benzene rings is 1. The maximum Gasteiger partial charge on any atom is 0.412 e. The highest BCUT2D eigenvalue weighted by molar-refractivity contribution is 5.86. The minimum atomic E-state index is -0.734. The first-order valence-electron chi connectivity index (χ1n) is 6.26. The number of ether oxygens (including phenoxy) is 1. The Kier molecular flexibility index (Phi) is 4.62. The van der Waals surface area contributed by atoms with Gasteiger partial charge in [0.2, 0.25) is 0 Å². The molecule has 0 saturated heterocycles. The minimum absolute atomic E-state index is 0.0847. The van der Waals surface area contributed by atoms with Crippen molar-refractivity contribution in [3.8, 4) is 5.75 Å². The number of nitrogens with two attached hydrogens (primary N) is 1. The van der Waals surface area contributed by atoms with E-state index in [1.165, 1.54) is 6.07 Å². The lowest BCUT2D eigenvalue weighted by Crippen LogP contribution is -2.27. The van der Waals surface area contributed by atoms with E-state index in [0.717, 1.165) is 0 Å². The van der Waals surface area contributed by atoms with Gasteiger partial charge in [0.1, 0.15) is 17.0 Å². The molecule has 0 unspecified atom stereocenters. The van der Waals surface area contributed by atoms with Gasteiger partial charge >= 0.3 is 6.09 Å². The van der Waals surface area contributed by atoms with Crippen LogP contribution in [0.5, 0.6) is 5.75 Å². The molecule has 1 aromatic rings. The average molecular weight is 282 g/mol. The Labute approximate surface area is 118 Å². The van der Waals surface area contributed by atoms with Crippen LogP contribution in [0.25, 0.3) is 0 Å². The molecule has 0 radical (unpaired) electrons. The number of anilines is 1. The molecule has 0 atom stereocenters. The summed E-state index contributed by atoms with van der Waals surface area (Å²) >= 11 is 0. The van der Waals surface area contributed by atoms with Crippen LogP contribution in [0.15, 0.2) is 18.2 Å². The summed E-state index contributed by atoms with van der Waals surface area (Å²) in [5.74, 6) is 5.12. The van der Waals surface area contributed by atoms with Crippen molar-refractivity contribution in [1.82, 2.24) is 0 Å². The van der Waals surface area contributed by atoms with E-state index in [1.54, 1.807) is 46.8 Å². The lowest BCUT2D eigenvalue weighted by molar-refractivity contribution is -0.0237. The number of aromatic hydroxyl groups is 1. The van der Waals surface area contributed by atoms with Crippen molar-refractivity contribution < 1.29 is 19.5 Å². The normalized spacial score (nSPS) is 12.1. The largest absolute Gasteiger partial charge is 0.506 e. The maximum atomic E-state index is 11.6. The lowest BCUT2D eigenvalue weighted by Gasteiger charge is -2.23. The van der Waals surface area contributed by atoms with Crippen LogP contribution in [0.4, 0.5) is 10.5 Å². The van der Waals surface area contributed by atoms with E-state index in [-0.39, 0.29) is 11.4 Å². The van der Waals surface area contributed by atoms with Crippen LogP contribution in [-0.2, 0) is 15.2 Å². The molecule has 0 bridgehead atoms. The van der Waals surface area contributed by atoms with E-state index in [1.807, 2.05) is 0 Å². The van der Waals surface area contributed by atoms with Crippen LogP contribution in [0.1, 0.15) is 40.2 Å². The number of phenols is 1. The van der Waals surface area contributed by atoms with E-state index < -0.39 is 17.3 Å². The summed E-state index contributed by atoms with van der Waals surface area (Å²) < 4.78 is 5.11. The Bertz CT molecular complexity index is 492. The molecule has 6 nitrogen and oxygen atoms in total. The smallest absolute Gasteiger partial charge is 0.412 e. The number of rotatable bonds is 3. The molecule has 0 aliphatic heterocycles. The second kappa shape index (κ2) is 5.68. The summed E-state index contributed by atoms with van der Waals surface area (Å²) in [6, 6.07) is 4.76. The molecule has 0 heterocycles. The number of phenolic OH excluding ortho intramolecular Hbond substituents is 1. The molecule has 1 rings (SSSR count). The Morgan fingerprint density at radius 2 is 1.85 bits per heavy atom. The summed E-state index contributed by atoms with van der Waals surface area (Å²) in [4.78, 5) is 16.5.